The van der Waals surface area contributed by atoms with E-state index in [9.17, 15) is 4.79 Å². The number of aromatic nitrogens is 3. The molecule has 0 aliphatic carbocycles. The van der Waals surface area contributed by atoms with Gasteiger partial charge in [-0.15, -0.1) is 5.10 Å². The van der Waals surface area contributed by atoms with E-state index in [1.165, 1.54) is 0 Å². The van der Waals surface area contributed by atoms with Crippen molar-refractivity contribution in [3.63, 3.8) is 0 Å². The molecule has 0 saturated heterocycles. The van der Waals surface area contributed by atoms with Gasteiger partial charge in [-0.1, -0.05) is 31.2 Å². The van der Waals surface area contributed by atoms with Gasteiger partial charge in [0.05, 0.1) is 6.61 Å². The number of ether oxygens (including phenoxy) is 1. The Morgan fingerprint density at radius 1 is 1.38 bits per heavy atom. The van der Waals surface area contributed by atoms with Crippen LogP contribution in [0.2, 0.25) is 0 Å². The number of aryl methyl sites for hydroxylation is 1. The molecule has 0 atom stereocenters. The zero-order chi connectivity index (χ0) is 15.1. The third kappa shape index (κ3) is 4.39. The molecule has 0 aliphatic heterocycles. The van der Waals surface area contributed by atoms with Crippen LogP contribution in [0, 0.1) is 0 Å². The molecule has 1 heterocycles. The number of H-pyrrole nitrogens is 1. The second kappa shape index (κ2) is 7.54. The highest BCUT2D eigenvalue weighted by molar-refractivity contribution is 5.90. The minimum Gasteiger partial charge on any atom is -0.380 e. The minimum atomic E-state index is -0.272. The minimum absolute atomic E-state index is 0.187. The van der Waals surface area contributed by atoms with Crippen LogP contribution in [-0.2, 0) is 24.3 Å². The molecular formula is C15H20N4O2. The Bertz CT molecular complexity index is 595. The normalized spacial score (nSPS) is 10.6. The Labute approximate surface area is 123 Å². The van der Waals surface area contributed by atoms with Crippen LogP contribution in [-0.4, -0.2) is 28.2 Å². The Morgan fingerprint density at radius 3 is 2.95 bits per heavy atom. The Kier molecular flexibility index (Phi) is 5.45. The fourth-order valence-electron chi connectivity index (χ4n) is 2.00. The van der Waals surface area contributed by atoms with Crippen molar-refractivity contribution in [2.24, 2.45) is 0 Å². The van der Waals surface area contributed by atoms with Crippen molar-refractivity contribution in [2.75, 3.05) is 7.11 Å². The summed E-state index contributed by atoms with van der Waals surface area (Å²) in [4.78, 5) is 16.1. The van der Waals surface area contributed by atoms with Crippen LogP contribution in [0.15, 0.2) is 24.3 Å². The van der Waals surface area contributed by atoms with Gasteiger partial charge in [0.25, 0.3) is 5.91 Å². The van der Waals surface area contributed by atoms with Gasteiger partial charge >= 0.3 is 0 Å². The van der Waals surface area contributed by atoms with Crippen molar-refractivity contribution in [2.45, 2.75) is 32.9 Å². The van der Waals surface area contributed by atoms with Crippen molar-refractivity contribution >= 4 is 5.91 Å². The van der Waals surface area contributed by atoms with Crippen LogP contribution in [0.4, 0.5) is 0 Å². The number of nitrogens with zero attached hydrogens (tertiary/aromatic N) is 2. The maximum Gasteiger partial charge on any atom is 0.291 e. The summed E-state index contributed by atoms with van der Waals surface area (Å²) in [6.07, 6.45) is 1.75. The topological polar surface area (TPSA) is 79.9 Å². The van der Waals surface area contributed by atoms with Crippen LogP contribution in [0.25, 0.3) is 0 Å². The second-order valence-corrected chi connectivity index (χ2v) is 4.79. The van der Waals surface area contributed by atoms with Gasteiger partial charge in [0.2, 0.25) is 5.82 Å². The molecule has 6 heteroatoms. The predicted octanol–water partition coefficient (Wildman–Crippen LogP) is 1.83. The van der Waals surface area contributed by atoms with Crippen molar-refractivity contribution in [1.82, 2.24) is 20.5 Å². The Morgan fingerprint density at radius 2 is 2.19 bits per heavy atom. The molecule has 1 aromatic heterocycles. The molecule has 0 fully saturated rings. The number of nitrogens with one attached hydrogen (secondary N) is 2. The van der Waals surface area contributed by atoms with Crippen LogP contribution < -0.4 is 5.32 Å². The molecule has 2 N–H and O–H groups in total. The summed E-state index contributed by atoms with van der Waals surface area (Å²) in [6, 6.07) is 7.90. The first-order chi connectivity index (χ1) is 10.2. The van der Waals surface area contributed by atoms with Gasteiger partial charge in [-0.3, -0.25) is 9.89 Å². The molecule has 0 unspecified atom stereocenters. The first kappa shape index (κ1) is 15.2. The second-order valence-electron chi connectivity index (χ2n) is 4.79. The van der Waals surface area contributed by atoms with E-state index in [4.69, 9.17) is 4.74 Å². The molecule has 0 radical (unpaired) electrons. The molecule has 2 aromatic rings. The molecule has 112 valence electrons. The van der Waals surface area contributed by atoms with Crippen LogP contribution in [0.1, 0.15) is 40.9 Å². The highest BCUT2D eigenvalue weighted by atomic mass is 16.5. The summed E-state index contributed by atoms with van der Waals surface area (Å²) in [5.74, 6) is 0.655. The predicted molar refractivity (Wildman–Crippen MR) is 78.7 cm³/mol. The summed E-state index contributed by atoms with van der Waals surface area (Å²) in [5, 5.41) is 9.51. The summed E-state index contributed by atoms with van der Waals surface area (Å²) < 4.78 is 5.09. The van der Waals surface area contributed by atoms with Gasteiger partial charge in [-0.2, -0.15) is 0 Å². The van der Waals surface area contributed by atoms with E-state index < -0.39 is 0 Å². The first-order valence-corrected chi connectivity index (χ1v) is 6.99. The third-order valence-corrected chi connectivity index (χ3v) is 2.98. The molecule has 0 aliphatic rings. The maximum absolute atomic E-state index is 12.0. The van der Waals surface area contributed by atoms with E-state index >= 15 is 0 Å². The monoisotopic (exact) mass is 288 g/mol. The van der Waals surface area contributed by atoms with Gasteiger partial charge < -0.3 is 10.1 Å². The van der Waals surface area contributed by atoms with E-state index in [1.807, 2.05) is 24.3 Å². The highest BCUT2D eigenvalue weighted by Gasteiger charge is 2.11. The fourth-order valence-corrected chi connectivity index (χ4v) is 2.00. The lowest BCUT2D eigenvalue weighted by molar-refractivity contribution is 0.0941. The molecule has 2 rings (SSSR count). The SMILES string of the molecule is CCCc1nc(C(=O)NCc2cccc(COC)c2)n[nH]1. The lowest BCUT2D eigenvalue weighted by Gasteiger charge is -2.05. The maximum atomic E-state index is 12.0. The van der Waals surface area contributed by atoms with Crippen LogP contribution in [0.3, 0.4) is 0 Å². The average molecular weight is 288 g/mol. The van der Waals surface area contributed by atoms with E-state index in [2.05, 4.69) is 27.4 Å². The van der Waals surface area contributed by atoms with Crippen LogP contribution >= 0.6 is 0 Å². The van der Waals surface area contributed by atoms with Gasteiger partial charge in [0, 0.05) is 20.1 Å². The van der Waals surface area contributed by atoms with Crippen molar-refractivity contribution in [3.8, 4) is 0 Å². The molecular weight excluding hydrogens is 268 g/mol. The number of carbonyl (C=O) groups excluding carboxylic acids is 1. The van der Waals surface area contributed by atoms with Gasteiger partial charge in [0.1, 0.15) is 5.82 Å². The molecule has 0 bridgehead atoms. The molecule has 6 nitrogen and oxygen atoms in total. The van der Waals surface area contributed by atoms with Gasteiger partial charge in [-0.25, -0.2) is 4.98 Å². The Hall–Kier alpha value is -2.21. The lowest BCUT2D eigenvalue weighted by Crippen LogP contribution is -2.24. The Balaban J connectivity index is 1.92. The highest BCUT2D eigenvalue weighted by Crippen LogP contribution is 2.06. The summed E-state index contributed by atoms with van der Waals surface area (Å²) in [5.41, 5.74) is 2.09. The molecule has 0 spiro atoms. The number of carbonyl (C=O) groups is 1. The molecule has 0 saturated carbocycles. The van der Waals surface area contributed by atoms with Crippen LogP contribution in [0.5, 0.6) is 0 Å². The smallest absolute Gasteiger partial charge is 0.291 e. The van der Waals surface area contributed by atoms with Gasteiger partial charge in [0.15, 0.2) is 0 Å². The molecule has 1 amide bonds. The summed E-state index contributed by atoms with van der Waals surface area (Å²) >= 11 is 0. The molecule has 21 heavy (non-hydrogen) atoms. The van der Waals surface area contributed by atoms with Gasteiger partial charge in [-0.05, 0) is 17.5 Å². The zero-order valence-electron chi connectivity index (χ0n) is 12.3. The van der Waals surface area contributed by atoms with E-state index in [1.54, 1.807) is 7.11 Å². The number of hydrogen-bond donors (Lipinski definition) is 2. The number of aromatic amines is 1. The van der Waals surface area contributed by atoms with Crippen molar-refractivity contribution in [1.29, 1.82) is 0 Å². The zero-order valence-corrected chi connectivity index (χ0v) is 12.3. The number of amides is 1. The van der Waals surface area contributed by atoms with Crippen molar-refractivity contribution in [3.05, 3.63) is 47.0 Å². The largest absolute Gasteiger partial charge is 0.380 e. The first-order valence-electron chi connectivity index (χ1n) is 6.99. The number of hydrogen-bond acceptors (Lipinski definition) is 4. The number of methoxy groups -OCH3 is 1. The average Bonchev–Trinajstić information content (AvgIpc) is 2.95. The lowest BCUT2D eigenvalue weighted by atomic mass is 10.1. The summed E-state index contributed by atoms with van der Waals surface area (Å²) in [6.45, 7) is 3.05. The van der Waals surface area contributed by atoms with E-state index in [0.29, 0.717) is 13.2 Å². The summed E-state index contributed by atoms with van der Waals surface area (Å²) in [7, 11) is 1.66. The quantitative estimate of drug-likeness (QED) is 0.814. The third-order valence-electron chi connectivity index (χ3n) is 2.98. The van der Waals surface area contributed by atoms with Crippen molar-refractivity contribution < 1.29 is 9.53 Å². The fraction of sp³-hybridized carbons (Fsp3) is 0.400. The standard InChI is InChI=1S/C15H20N4O2/c1-3-5-13-17-14(19-18-13)15(20)16-9-11-6-4-7-12(8-11)10-21-2/h4,6-8H,3,5,9-10H2,1-2H3,(H,16,20)(H,17,18,19). The van der Waals surface area contributed by atoms with E-state index in [-0.39, 0.29) is 11.7 Å². The number of benzene rings is 1. The molecule has 1 aromatic carbocycles. The van der Waals surface area contributed by atoms with E-state index in [0.717, 1.165) is 29.8 Å². The number of rotatable bonds is 7.